The minimum absolute atomic E-state index is 0.0847. The summed E-state index contributed by atoms with van der Waals surface area (Å²) in [6.45, 7) is 0.348. The topological polar surface area (TPSA) is 86.3 Å². The highest BCUT2D eigenvalue weighted by Gasteiger charge is 2.45. The molecule has 1 amide bonds. The molecule has 1 N–H and O–H groups in total. The molecule has 0 saturated carbocycles. The summed E-state index contributed by atoms with van der Waals surface area (Å²) in [4.78, 5) is 28.0. The summed E-state index contributed by atoms with van der Waals surface area (Å²) in [6, 6.07) is 10.4. The lowest BCUT2D eigenvalue weighted by Gasteiger charge is -2.25. The summed E-state index contributed by atoms with van der Waals surface area (Å²) >= 11 is 6.91. The van der Waals surface area contributed by atoms with Crippen LogP contribution in [0.5, 0.6) is 0 Å². The van der Waals surface area contributed by atoms with E-state index in [9.17, 15) is 14.9 Å². The van der Waals surface area contributed by atoms with Crippen molar-refractivity contribution in [3.8, 4) is 6.07 Å². The zero-order valence-electron chi connectivity index (χ0n) is 14.4. The Kier molecular flexibility index (Phi) is 5.00. The molecule has 3 heterocycles. The second kappa shape index (κ2) is 7.43. The van der Waals surface area contributed by atoms with Crippen molar-refractivity contribution >= 4 is 51.5 Å². The van der Waals surface area contributed by atoms with E-state index >= 15 is 0 Å². The number of carbonyl (C=O) groups is 2. The summed E-state index contributed by atoms with van der Waals surface area (Å²) in [6.07, 6.45) is 0.0847. The van der Waals surface area contributed by atoms with Gasteiger partial charge in [-0.05, 0) is 12.1 Å². The van der Waals surface area contributed by atoms with Gasteiger partial charge in [0.15, 0.2) is 5.78 Å². The third-order valence-electron chi connectivity index (χ3n) is 4.93. The van der Waals surface area contributed by atoms with E-state index in [-0.39, 0.29) is 18.1 Å². The molecule has 2 fully saturated rings. The number of hydrogen-bond acceptors (Lipinski definition) is 7. The molecule has 1 aromatic heterocycles. The van der Waals surface area contributed by atoms with Gasteiger partial charge in [-0.2, -0.15) is 5.26 Å². The molecule has 3 atom stereocenters. The molecule has 2 aromatic rings. The Morgan fingerprint density at radius 3 is 3.00 bits per heavy atom. The lowest BCUT2D eigenvalue weighted by atomic mass is 9.92. The third-order valence-corrected chi connectivity index (χ3v) is 6.34. The normalized spacial score (nSPS) is 25.1. The zero-order valence-corrected chi connectivity index (χ0v) is 16.0. The molecule has 2 saturated heterocycles. The predicted octanol–water partition coefficient (Wildman–Crippen LogP) is 1.93. The summed E-state index contributed by atoms with van der Waals surface area (Å²) in [5.74, 6) is 0.584. The van der Waals surface area contributed by atoms with Crippen LogP contribution in [0.25, 0.3) is 11.0 Å². The van der Waals surface area contributed by atoms with Gasteiger partial charge in [0, 0.05) is 22.5 Å². The molecule has 0 radical (unpaired) electrons. The number of benzene rings is 1. The summed E-state index contributed by atoms with van der Waals surface area (Å²) in [5.41, 5.74) is 0.728. The van der Waals surface area contributed by atoms with E-state index < -0.39 is 18.0 Å². The number of furan rings is 1. The van der Waals surface area contributed by atoms with Gasteiger partial charge in [-0.25, -0.2) is 0 Å². The molecule has 138 valence electrons. The van der Waals surface area contributed by atoms with Gasteiger partial charge in [-0.3, -0.25) is 9.59 Å². The predicted molar refractivity (Wildman–Crippen MR) is 106 cm³/mol. The van der Waals surface area contributed by atoms with Gasteiger partial charge in [-0.1, -0.05) is 30.4 Å². The molecule has 4 rings (SSSR count). The third kappa shape index (κ3) is 3.38. The van der Waals surface area contributed by atoms with Gasteiger partial charge in [-0.15, -0.1) is 11.8 Å². The SMILES string of the molecule is N#C[C@@H]1CSCN1C(=O)[C@H]1NCC(=S)C1C(=O)Cc1cc2ccccc2o1. The Morgan fingerprint density at radius 2 is 2.22 bits per heavy atom. The van der Waals surface area contributed by atoms with Crippen molar-refractivity contribution in [3.63, 3.8) is 0 Å². The Morgan fingerprint density at radius 1 is 1.41 bits per heavy atom. The number of thiocarbonyl (C=S) groups is 1. The maximum absolute atomic E-state index is 13.0. The fourth-order valence-electron chi connectivity index (χ4n) is 3.57. The molecule has 0 spiro atoms. The minimum atomic E-state index is -0.705. The second-order valence-corrected chi connectivity index (χ2v) is 8.17. The first-order valence-corrected chi connectivity index (χ1v) is 10.2. The number of nitriles is 1. The number of nitrogens with zero attached hydrogens (tertiary/aromatic N) is 2. The summed E-state index contributed by atoms with van der Waals surface area (Å²) < 4.78 is 5.74. The highest BCUT2D eigenvalue weighted by Crippen LogP contribution is 2.27. The number of amides is 1. The van der Waals surface area contributed by atoms with Crippen LogP contribution in [-0.2, 0) is 16.0 Å². The number of nitrogens with one attached hydrogen (secondary N) is 1. The monoisotopic (exact) mass is 399 g/mol. The second-order valence-electron chi connectivity index (χ2n) is 6.65. The molecule has 27 heavy (non-hydrogen) atoms. The van der Waals surface area contributed by atoms with E-state index in [0.717, 1.165) is 11.0 Å². The molecular formula is C19H17N3O3S2. The number of fused-ring (bicyclic) bond motifs is 1. The van der Waals surface area contributed by atoms with Crippen LogP contribution in [0.2, 0.25) is 0 Å². The van der Waals surface area contributed by atoms with Gasteiger partial charge in [0.05, 0.1) is 24.3 Å². The van der Waals surface area contributed by atoms with Gasteiger partial charge in [0.2, 0.25) is 5.91 Å². The van der Waals surface area contributed by atoms with Crippen molar-refractivity contribution in [1.29, 1.82) is 5.26 Å². The van der Waals surface area contributed by atoms with E-state index in [0.29, 0.717) is 28.8 Å². The van der Waals surface area contributed by atoms with E-state index in [1.54, 1.807) is 0 Å². The van der Waals surface area contributed by atoms with E-state index in [1.165, 1.54) is 16.7 Å². The molecular weight excluding hydrogens is 382 g/mol. The van der Waals surface area contributed by atoms with Gasteiger partial charge in [0.1, 0.15) is 23.4 Å². The minimum Gasteiger partial charge on any atom is -0.461 e. The van der Waals surface area contributed by atoms with Crippen molar-refractivity contribution in [2.45, 2.75) is 18.5 Å². The molecule has 0 bridgehead atoms. The highest BCUT2D eigenvalue weighted by atomic mass is 32.2. The fraction of sp³-hybridized carbons (Fsp3) is 0.368. The van der Waals surface area contributed by atoms with Crippen LogP contribution in [0.15, 0.2) is 34.7 Å². The lowest BCUT2D eigenvalue weighted by Crippen LogP contribution is -2.50. The molecule has 2 aliphatic heterocycles. The molecule has 0 aliphatic carbocycles. The summed E-state index contributed by atoms with van der Waals surface area (Å²) in [5, 5.41) is 13.2. The average Bonchev–Trinajstić information content (AvgIpc) is 3.37. The number of ketones is 1. The molecule has 1 aromatic carbocycles. The molecule has 2 aliphatic rings. The molecule has 1 unspecified atom stereocenters. The number of para-hydroxylation sites is 1. The standard InChI is InChI=1S/C19H17N3O3S2/c20-7-12-9-27-10-22(12)19(24)18-17(16(26)8-21-18)14(23)6-13-5-11-3-1-2-4-15(11)25-13/h1-5,12,17-18,21H,6,8-10H2/t12-,17?,18+/m1/s1. The van der Waals surface area contributed by atoms with Crippen LogP contribution in [0.3, 0.4) is 0 Å². The smallest absolute Gasteiger partial charge is 0.242 e. The number of hydrogen-bond donors (Lipinski definition) is 1. The van der Waals surface area contributed by atoms with Crippen LogP contribution >= 0.6 is 24.0 Å². The van der Waals surface area contributed by atoms with E-state index in [4.69, 9.17) is 16.6 Å². The van der Waals surface area contributed by atoms with Crippen LogP contribution in [-0.4, -0.2) is 51.7 Å². The van der Waals surface area contributed by atoms with Crippen molar-refractivity contribution in [2.75, 3.05) is 18.2 Å². The van der Waals surface area contributed by atoms with Crippen LogP contribution < -0.4 is 5.32 Å². The van der Waals surface area contributed by atoms with Crippen LogP contribution in [0, 0.1) is 17.2 Å². The number of Topliss-reactive ketones (excluding diaryl/α,β-unsaturated/α-hetero) is 1. The van der Waals surface area contributed by atoms with Crippen LogP contribution in [0.1, 0.15) is 5.76 Å². The Hall–Kier alpha value is -2.21. The maximum Gasteiger partial charge on any atom is 0.242 e. The Labute approximate surface area is 165 Å². The van der Waals surface area contributed by atoms with Gasteiger partial charge < -0.3 is 14.6 Å². The van der Waals surface area contributed by atoms with Crippen LogP contribution in [0.4, 0.5) is 0 Å². The van der Waals surface area contributed by atoms with Crippen molar-refractivity contribution in [1.82, 2.24) is 10.2 Å². The average molecular weight is 399 g/mol. The van der Waals surface area contributed by atoms with Gasteiger partial charge in [0.25, 0.3) is 0 Å². The maximum atomic E-state index is 13.0. The first-order chi connectivity index (χ1) is 13.1. The first-order valence-electron chi connectivity index (χ1n) is 8.62. The van der Waals surface area contributed by atoms with E-state index in [1.807, 2.05) is 30.3 Å². The number of rotatable bonds is 4. The molecule has 8 heteroatoms. The number of carbonyl (C=O) groups excluding carboxylic acids is 2. The van der Waals surface area contributed by atoms with Crippen molar-refractivity contribution in [2.24, 2.45) is 5.92 Å². The Bertz CT molecular complexity index is 932. The fourth-order valence-corrected chi connectivity index (χ4v) is 5.01. The van der Waals surface area contributed by atoms with Gasteiger partial charge >= 0.3 is 0 Å². The molecule has 6 nitrogen and oxygen atoms in total. The lowest BCUT2D eigenvalue weighted by molar-refractivity contribution is -0.136. The zero-order chi connectivity index (χ0) is 19.0. The first kappa shape index (κ1) is 18.2. The highest BCUT2D eigenvalue weighted by molar-refractivity contribution is 7.99. The van der Waals surface area contributed by atoms with Crippen molar-refractivity contribution < 1.29 is 14.0 Å². The van der Waals surface area contributed by atoms with E-state index in [2.05, 4.69) is 11.4 Å². The van der Waals surface area contributed by atoms with Crippen molar-refractivity contribution in [3.05, 3.63) is 36.1 Å². The summed E-state index contributed by atoms with van der Waals surface area (Å²) in [7, 11) is 0. The largest absolute Gasteiger partial charge is 0.461 e. The number of thioether (sulfide) groups is 1. The Balaban J connectivity index is 1.53. The quantitative estimate of drug-likeness (QED) is 0.786.